The van der Waals surface area contributed by atoms with Gasteiger partial charge in [0.05, 0.1) is 0 Å². The molecule has 0 bridgehead atoms. The Labute approximate surface area is 132 Å². The largest absolute Gasteiger partial charge is 0.384 e. The Morgan fingerprint density at radius 2 is 2.15 bits per heavy atom. The Kier molecular flexibility index (Phi) is 7.86. The van der Waals surface area contributed by atoms with Crippen molar-refractivity contribution in [2.24, 2.45) is 0 Å². The number of likely N-dealkylation sites (tertiary alicyclic amines) is 1. The molecule has 0 saturated carbocycles. The first-order chi connectivity index (χ1) is 8.56. The fourth-order valence-electron chi connectivity index (χ4n) is 2.26. The van der Waals surface area contributed by atoms with Crippen LogP contribution in [0.15, 0.2) is 18.2 Å². The van der Waals surface area contributed by atoms with Crippen molar-refractivity contribution in [3.63, 3.8) is 0 Å². The number of nitrogens with one attached hydrogen (secondary N) is 1. The number of halogens is 2. The summed E-state index contributed by atoms with van der Waals surface area (Å²) in [6.45, 7) is 3.19. The molecule has 1 saturated heterocycles. The molecular weight excluding hydrogens is 299 g/mol. The molecule has 0 aromatic carbocycles. The maximum atomic E-state index is 12.0. The van der Waals surface area contributed by atoms with E-state index >= 15 is 0 Å². The van der Waals surface area contributed by atoms with Crippen LogP contribution < -0.4 is 11.1 Å². The molecule has 2 atom stereocenters. The van der Waals surface area contributed by atoms with E-state index in [9.17, 15) is 4.79 Å². The molecule has 3 N–H and O–H groups in total. The van der Waals surface area contributed by atoms with Crippen LogP contribution in [0.25, 0.3) is 0 Å². The molecule has 2 rings (SSSR count). The van der Waals surface area contributed by atoms with Gasteiger partial charge in [0.25, 0.3) is 5.91 Å². The average Bonchev–Trinajstić information content (AvgIpc) is 2.34. The minimum Gasteiger partial charge on any atom is -0.384 e. The minimum absolute atomic E-state index is 0. The molecule has 0 spiro atoms. The summed E-state index contributed by atoms with van der Waals surface area (Å²) in [6, 6.07) is 5.83. The lowest BCUT2D eigenvalue weighted by molar-refractivity contribution is 0.0891. The van der Waals surface area contributed by atoms with Crippen molar-refractivity contribution in [2.75, 3.05) is 19.3 Å². The summed E-state index contributed by atoms with van der Waals surface area (Å²) in [5.74, 6) is 0.239. The first-order valence-electron chi connectivity index (χ1n) is 6.30. The first-order valence-corrected chi connectivity index (χ1v) is 6.30. The third-order valence-electron chi connectivity index (χ3n) is 3.55. The van der Waals surface area contributed by atoms with Gasteiger partial charge >= 0.3 is 0 Å². The van der Waals surface area contributed by atoms with E-state index in [1.807, 2.05) is 0 Å². The van der Waals surface area contributed by atoms with Crippen molar-refractivity contribution in [1.29, 1.82) is 0 Å². The summed E-state index contributed by atoms with van der Waals surface area (Å²) in [6.07, 6.45) is 1.96. The van der Waals surface area contributed by atoms with Crippen molar-refractivity contribution in [3.8, 4) is 0 Å². The fourth-order valence-corrected chi connectivity index (χ4v) is 2.26. The monoisotopic (exact) mass is 320 g/mol. The SMILES string of the molecule is CC1CC(NC(=O)c2cccc(N)n2)CCN1C.Cl.Cl. The lowest BCUT2D eigenvalue weighted by Crippen LogP contribution is -2.47. The number of anilines is 1. The van der Waals surface area contributed by atoms with E-state index in [1.165, 1.54) is 0 Å². The van der Waals surface area contributed by atoms with E-state index in [0.29, 0.717) is 17.6 Å². The molecule has 7 heteroatoms. The molecule has 114 valence electrons. The second-order valence-electron chi connectivity index (χ2n) is 4.97. The second kappa shape index (κ2) is 8.29. The van der Waals surface area contributed by atoms with Crippen LogP contribution in [-0.4, -0.2) is 41.5 Å². The molecule has 1 aliphatic rings. The molecule has 5 nitrogen and oxygen atoms in total. The van der Waals surface area contributed by atoms with Gasteiger partial charge in [-0.2, -0.15) is 0 Å². The van der Waals surface area contributed by atoms with Gasteiger partial charge in [0.15, 0.2) is 0 Å². The Morgan fingerprint density at radius 3 is 2.75 bits per heavy atom. The molecule has 1 fully saturated rings. The van der Waals surface area contributed by atoms with Gasteiger partial charge in [-0.15, -0.1) is 24.8 Å². The topological polar surface area (TPSA) is 71.2 Å². The molecule has 1 aliphatic heterocycles. The summed E-state index contributed by atoms with van der Waals surface area (Å²) >= 11 is 0. The summed E-state index contributed by atoms with van der Waals surface area (Å²) in [4.78, 5) is 18.3. The zero-order valence-electron chi connectivity index (χ0n) is 11.7. The predicted molar refractivity (Wildman–Crippen MR) is 85.7 cm³/mol. The maximum Gasteiger partial charge on any atom is 0.270 e. The lowest BCUT2D eigenvalue weighted by Gasteiger charge is -2.35. The normalized spacial score (nSPS) is 22.3. The van der Waals surface area contributed by atoms with Gasteiger partial charge in [-0.3, -0.25) is 4.79 Å². The zero-order chi connectivity index (χ0) is 13.1. The third kappa shape index (κ3) is 4.81. The van der Waals surface area contributed by atoms with Gasteiger partial charge in [-0.1, -0.05) is 6.07 Å². The fraction of sp³-hybridized carbons (Fsp3) is 0.538. The van der Waals surface area contributed by atoms with Gasteiger partial charge in [0.1, 0.15) is 11.5 Å². The van der Waals surface area contributed by atoms with Crippen molar-refractivity contribution in [2.45, 2.75) is 31.8 Å². The van der Waals surface area contributed by atoms with Gasteiger partial charge in [-0.25, -0.2) is 4.98 Å². The Balaban J connectivity index is 0.00000180. The highest BCUT2D eigenvalue weighted by molar-refractivity contribution is 5.92. The number of pyridine rings is 1. The van der Waals surface area contributed by atoms with Gasteiger partial charge in [-0.05, 0) is 38.9 Å². The number of carbonyl (C=O) groups excluding carboxylic acids is 1. The Bertz CT molecular complexity index is 444. The summed E-state index contributed by atoms with van der Waals surface area (Å²) in [5, 5.41) is 3.03. The van der Waals surface area contributed by atoms with Crippen LogP contribution in [0.2, 0.25) is 0 Å². The van der Waals surface area contributed by atoms with Gasteiger partial charge < -0.3 is 16.0 Å². The van der Waals surface area contributed by atoms with E-state index in [4.69, 9.17) is 5.73 Å². The summed E-state index contributed by atoms with van der Waals surface area (Å²) in [7, 11) is 2.11. The number of piperidine rings is 1. The number of aromatic nitrogens is 1. The van der Waals surface area contributed by atoms with Crippen LogP contribution in [0.3, 0.4) is 0 Å². The van der Waals surface area contributed by atoms with E-state index in [0.717, 1.165) is 19.4 Å². The number of nitrogens with zero attached hydrogens (tertiary/aromatic N) is 2. The minimum atomic E-state index is -0.135. The van der Waals surface area contributed by atoms with Crippen molar-refractivity contribution < 1.29 is 4.79 Å². The van der Waals surface area contributed by atoms with Crippen molar-refractivity contribution in [3.05, 3.63) is 23.9 Å². The van der Waals surface area contributed by atoms with E-state index in [1.54, 1.807) is 18.2 Å². The number of carbonyl (C=O) groups is 1. The molecule has 2 heterocycles. The maximum absolute atomic E-state index is 12.0. The first kappa shape index (κ1) is 19.0. The number of nitrogen functional groups attached to an aromatic ring is 1. The second-order valence-corrected chi connectivity index (χ2v) is 4.97. The van der Waals surface area contributed by atoms with E-state index in [-0.39, 0.29) is 36.8 Å². The lowest BCUT2D eigenvalue weighted by atomic mass is 9.99. The number of amides is 1. The summed E-state index contributed by atoms with van der Waals surface area (Å²) in [5.41, 5.74) is 5.96. The number of hydrogen-bond donors (Lipinski definition) is 2. The Hall–Kier alpha value is -1.04. The van der Waals surface area contributed by atoms with Crippen LogP contribution in [0.1, 0.15) is 30.3 Å². The Morgan fingerprint density at radius 1 is 1.45 bits per heavy atom. The van der Waals surface area contributed by atoms with Crippen LogP contribution in [0.4, 0.5) is 5.82 Å². The summed E-state index contributed by atoms with van der Waals surface area (Å²) < 4.78 is 0. The molecule has 1 aromatic heterocycles. The average molecular weight is 321 g/mol. The third-order valence-corrected chi connectivity index (χ3v) is 3.55. The molecule has 1 aromatic rings. The zero-order valence-corrected chi connectivity index (χ0v) is 13.3. The van der Waals surface area contributed by atoms with Crippen molar-refractivity contribution in [1.82, 2.24) is 15.2 Å². The molecule has 20 heavy (non-hydrogen) atoms. The highest BCUT2D eigenvalue weighted by atomic mass is 35.5. The van der Waals surface area contributed by atoms with Crippen LogP contribution in [-0.2, 0) is 0 Å². The van der Waals surface area contributed by atoms with Crippen LogP contribution in [0, 0.1) is 0 Å². The highest BCUT2D eigenvalue weighted by Gasteiger charge is 2.24. The predicted octanol–water partition coefficient (Wildman–Crippen LogP) is 1.72. The van der Waals surface area contributed by atoms with Gasteiger partial charge in [0, 0.05) is 18.6 Å². The molecule has 0 radical (unpaired) electrons. The molecule has 0 aliphatic carbocycles. The molecule has 1 amide bonds. The standard InChI is InChI=1S/C13H20N4O.2ClH/c1-9-8-10(6-7-17(9)2)15-13(18)11-4-3-5-12(14)16-11;;/h3-5,9-10H,6-8H2,1-2H3,(H2,14,16)(H,15,18);2*1H. The van der Waals surface area contributed by atoms with E-state index in [2.05, 4.69) is 29.2 Å². The van der Waals surface area contributed by atoms with Crippen LogP contribution >= 0.6 is 24.8 Å². The van der Waals surface area contributed by atoms with Gasteiger partial charge in [0.2, 0.25) is 0 Å². The number of rotatable bonds is 2. The molecular formula is C13H22Cl2N4O. The van der Waals surface area contributed by atoms with E-state index < -0.39 is 0 Å². The highest BCUT2D eigenvalue weighted by Crippen LogP contribution is 2.15. The quantitative estimate of drug-likeness (QED) is 0.870. The number of nitrogens with two attached hydrogens (primary N) is 1. The molecule has 2 unspecified atom stereocenters. The van der Waals surface area contributed by atoms with Crippen LogP contribution in [0.5, 0.6) is 0 Å². The number of hydrogen-bond acceptors (Lipinski definition) is 4. The van der Waals surface area contributed by atoms with Crippen molar-refractivity contribution >= 4 is 36.5 Å². The smallest absolute Gasteiger partial charge is 0.270 e.